The van der Waals surface area contributed by atoms with Crippen molar-refractivity contribution in [3.05, 3.63) is 64.2 Å². The number of para-hydroxylation sites is 1. The van der Waals surface area contributed by atoms with Crippen molar-refractivity contribution in [3.63, 3.8) is 0 Å². The molecular weight excluding hydrogens is 485 g/mol. The highest BCUT2D eigenvalue weighted by molar-refractivity contribution is 6.04. The van der Waals surface area contributed by atoms with Crippen molar-refractivity contribution in [1.82, 2.24) is 14.5 Å². The Morgan fingerprint density at radius 3 is 2.65 bits per heavy atom. The van der Waals surface area contributed by atoms with Gasteiger partial charge in [-0.1, -0.05) is 19.1 Å². The number of aromatic nitrogens is 3. The molecule has 192 valence electrons. The fourth-order valence-corrected chi connectivity index (χ4v) is 3.92. The van der Waals surface area contributed by atoms with Crippen LogP contribution in [0, 0.1) is 15.9 Å². The monoisotopic (exact) mass is 509 g/mol. The summed E-state index contributed by atoms with van der Waals surface area (Å²) >= 11 is 0. The van der Waals surface area contributed by atoms with E-state index in [-0.39, 0.29) is 35.2 Å². The molecule has 0 aliphatic heterocycles. The second-order valence-corrected chi connectivity index (χ2v) is 7.99. The van der Waals surface area contributed by atoms with Gasteiger partial charge in [0.05, 0.1) is 42.6 Å². The fraction of sp³-hybridized carbons (Fsp3) is 0.240. The first-order valence-corrected chi connectivity index (χ1v) is 11.2. The van der Waals surface area contributed by atoms with Crippen LogP contribution in [0.1, 0.15) is 23.7 Å². The number of hydrogen-bond donors (Lipinski definition) is 1. The Hall–Kier alpha value is -4.74. The number of carbonyl (C=O) groups excluding carboxylic acids is 1. The summed E-state index contributed by atoms with van der Waals surface area (Å²) in [6, 6.07) is 7.40. The molecule has 0 fully saturated rings. The summed E-state index contributed by atoms with van der Waals surface area (Å²) in [4.78, 5) is 32.1. The molecule has 4 aromatic rings. The molecule has 37 heavy (non-hydrogen) atoms. The Labute approximate surface area is 211 Å². The lowest BCUT2D eigenvalue weighted by atomic mass is 10.1. The van der Waals surface area contributed by atoms with Gasteiger partial charge in [-0.05, 0) is 12.5 Å². The van der Waals surface area contributed by atoms with Crippen LogP contribution in [0.25, 0.3) is 22.2 Å². The number of nitrogens with zero attached hydrogens (tertiary/aromatic N) is 4. The van der Waals surface area contributed by atoms with Gasteiger partial charge in [-0.15, -0.1) is 0 Å². The Kier molecular flexibility index (Phi) is 7.18. The highest BCUT2D eigenvalue weighted by atomic mass is 19.1. The summed E-state index contributed by atoms with van der Waals surface area (Å²) in [5, 5.41) is 14.9. The molecule has 11 nitrogen and oxygen atoms in total. The average Bonchev–Trinajstić information content (AvgIpc) is 3.24. The van der Waals surface area contributed by atoms with Crippen molar-refractivity contribution in [3.8, 4) is 22.8 Å². The second kappa shape index (κ2) is 10.5. The van der Waals surface area contributed by atoms with Crippen molar-refractivity contribution >= 4 is 34.2 Å². The number of carbonyl (C=O) groups is 1. The Morgan fingerprint density at radius 1 is 1.22 bits per heavy atom. The van der Waals surface area contributed by atoms with Crippen molar-refractivity contribution < 1.29 is 28.3 Å². The molecule has 0 bridgehead atoms. The molecule has 0 unspecified atom stereocenters. The van der Waals surface area contributed by atoms with E-state index in [1.807, 2.05) is 36.7 Å². The number of nitrogens with one attached hydrogen (secondary N) is 1. The zero-order valence-electron chi connectivity index (χ0n) is 20.6. The standard InChI is InChI=1S/C25H24FN5O6/c1-5-9-37-24(32)15-12-27-25(28-18-11-19(31(33)34)17(26)10-21(18)36-4)29-22(15)16-13-30(2)23-14(16)7-6-8-20(23)35-3/h6-8,10-13H,5,9H2,1-4H3,(H,27,28,29). The molecule has 0 saturated heterocycles. The molecule has 0 spiro atoms. The first-order valence-electron chi connectivity index (χ1n) is 11.2. The van der Waals surface area contributed by atoms with Gasteiger partial charge < -0.3 is 24.1 Å². The fourth-order valence-electron chi connectivity index (χ4n) is 3.92. The number of fused-ring (bicyclic) bond motifs is 1. The molecule has 0 saturated carbocycles. The molecule has 0 aliphatic carbocycles. The van der Waals surface area contributed by atoms with Crippen LogP contribution in [-0.2, 0) is 11.8 Å². The number of benzene rings is 2. The van der Waals surface area contributed by atoms with Gasteiger partial charge in [-0.2, -0.15) is 4.39 Å². The number of anilines is 2. The van der Waals surface area contributed by atoms with Crippen LogP contribution in [0.5, 0.6) is 11.5 Å². The maximum Gasteiger partial charge on any atom is 0.341 e. The van der Waals surface area contributed by atoms with Crippen LogP contribution in [0.15, 0.2) is 42.7 Å². The van der Waals surface area contributed by atoms with Gasteiger partial charge in [0.15, 0.2) is 0 Å². The van der Waals surface area contributed by atoms with E-state index in [2.05, 4.69) is 15.3 Å². The van der Waals surface area contributed by atoms with Gasteiger partial charge in [-0.25, -0.2) is 14.8 Å². The number of halogens is 1. The lowest BCUT2D eigenvalue weighted by Crippen LogP contribution is -2.11. The highest BCUT2D eigenvalue weighted by Crippen LogP contribution is 2.37. The summed E-state index contributed by atoms with van der Waals surface area (Å²) in [5.41, 5.74) is 1.13. The third-order valence-corrected chi connectivity index (χ3v) is 5.60. The summed E-state index contributed by atoms with van der Waals surface area (Å²) < 4.78 is 32.0. The predicted octanol–water partition coefficient (Wildman–Crippen LogP) is 5.01. The lowest BCUT2D eigenvalue weighted by molar-refractivity contribution is -0.387. The smallest absolute Gasteiger partial charge is 0.341 e. The predicted molar refractivity (Wildman–Crippen MR) is 134 cm³/mol. The van der Waals surface area contributed by atoms with Crippen LogP contribution in [0.2, 0.25) is 0 Å². The first kappa shape index (κ1) is 25.4. The summed E-state index contributed by atoms with van der Waals surface area (Å²) in [7, 11) is 4.71. The van der Waals surface area contributed by atoms with E-state index in [1.165, 1.54) is 13.3 Å². The summed E-state index contributed by atoms with van der Waals surface area (Å²) in [6.45, 7) is 2.10. The van der Waals surface area contributed by atoms with E-state index < -0.39 is 22.4 Å². The van der Waals surface area contributed by atoms with Gasteiger partial charge in [0.25, 0.3) is 0 Å². The number of rotatable bonds is 9. The molecule has 0 atom stereocenters. The number of hydrogen-bond acceptors (Lipinski definition) is 9. The molecule has 12 heteroatoms. The lowest BCUT2D eigenvalue weighted by Gasteiger charge is -2.13. The molecule has 1 N–H and O–H groups in total. The third-order valence-electron chi connectivity index (χ3n) is 5.60. The van der Waals surface area contributed by atoms with Gasteiger partial charge in [0.1, 0.15) is 17.1 Å². The van der Waals surface area contributed by atoms with E-state index in [4.69, 9.17) is 14.2 Å². The summed E-state index contributed by atoms with van der Waals surface area (Å²) in [6.07, 6.45) is 3.75. The van der Waals surface area contributed by atoms with Gasteiger partial charge in [-0.3, -0.25) is 10.1 Å². The van der Waals surface area contributed by atoms with Crippen LogP contribution in [-0.4, -0.2) is 46.3 Å². The summed E-state index contributed by atoms with van der Waals surface area (Å²) in [5.74, 6) is -1.00. The number of nitro benzene ring substituents is 1. The van der Waals surface area contributed by atoms with Crippen molar-refractivity contribution in [2.45, 2.75) is 13.3 Å². The van der Waals surface area contributed by atoms with E-state index in [1.54, 1.807) is 13.3 Å². The van der Waals surface area contributed by atoms with E-state index in [9.17, 15) is 19.3 Å². The molecular formula is C25H24FN5O6. The van der Waals surface area contributed by atoms with Crippen molar-refractivity contribution in [2.24, 2.45) is 7.05 Å². The van der Waals surface area contributed by atoms with E-state index in [0.717, 1.165) is 23.0 Å². The first-order chi connectivity index (χ1) is 17.8. The molecule has 2 aromatic heterocycles. The highest BCUT2D eigenvalue weighted by Gasteiger charge is 2.24. The Morgan fingerprint density at radius 2 is 1.97 bits per heavy atom. The van der Waals surface area contributed by atoms with Crippen LogP contribution < -0.4 is 14.8 Å². The quantitative estimate of drug-likeness (QED) is 0.188. The van der Waals surface area contributed by atoms with Crippen LogP contribution in [0.4, 0.5) is 21.7 Å². The van der Waals surface area contributed by atoms with Crippen LogP contribution in [0.3, 0.4) is 0 Å². The van der Waals surface area contributed by atoms with E-state index >= 15 is 0 Å². The number of methoxy groups -OCH3 is 2. The minimum Gasteiger partial charge on any atom is -0.495 e. The maximum absolute atomic E-state index is 14.1. The normalized spacial score (nSPS) is 10.8. The van der Waals surface area contributed by atoms with Gasteiger partial charge in [0, 0.05) is 42.5 Å². The topological polar surface area (TPSA) is 131 Å². The molecule has 0 aliphatic rings. The minimum absolute atomic E-state index is 0.00106. The number of esters is 1. The molecule has 4 rings (SSSR count). The van der Waals surface area contributed by atoms with Crippen molar-refractivity contribution in [2.75, 3.05) is 26.1 Å². The zero-order valence-corrected chi connectivity index (χ0v) is 20.6. The second-order valence-electron chi connectivity index (χ2n) is 7.99. The van der Waals surface area contributed by atoms with Gasteiger partial charge >= 0.3 is 11.7 Å². The number of ether oxygens (including phenoxy) is 3. The van der Waals surface area contributed by atoms with Crippen molar-refractivity contribution in [1.29, 1.82) is 0 Å². The van der Waals surface area contributed by atoms with Crippen LogP contribution >= 0.6 is 0 Å². The largest absolute Gasteiger partial charge is 0.495 e. The number of nitro groups is 1. The SMILES string of the molecule is CCCOC(=O)c1cnc(Nc2cc([N+](=O)[O-])c(F)cc2OC)nc1-c1cn(C)c2c(OC)cccc12. The zero-order chi connectivity index (χ0) is 26.7. The Bertz CT molecular complexity index is 1500. The third kappa shape index (κ3) is 4.85. The Balaban J connectivity index is 1.88. The minimum atomic E-state index is -1.05. The molecule has 2 aromatic carbocycles. The maximum atomic E-state index is 14.1. The average molecular weight is 509 g/mol. The van der Waals surface area contributed by atoms with E-state index in [0.29, 0.717) is 17.7 Å². The molecule has 0 radical (unpaired) electrons. The number of aryl methyl sites for hydroxylation is 1. The van der Waals surface area contributed by atoms with Gasteiger partial charge in [0.2, 0.25) is 11.8 Å². The molecule has 0 amide bonds. The molecule has 2 heterocycles.